The monoisotopic (exact) mass is 427 g/mol. The summed E-state index contributed by atoms with van der Waals surface area (Å²) in [6.07, 6.45) is 0.480. The van der Waals surface area contributed by atoms with Crippen LogP contribution >= 0.6 is 15.9 Å². The number of anilines is 1. The summed E-state index contributed by atoms with van der Waals surface area (Å²) in [5, 5.41) is 12.9. The molecule has 0 saturated carbocycles. The summed E-state index contributed by atoms with van der Waals surface area (Å²) in [5.74, 6) is 5.38. The van der Waals surface area contributed by atoms with Gasteiger partial charge in [-0.3, -0.25) is 4.79 Å². The molecular weight excluding hydrogens is 402 g/mol. The van der Waals surface area contributed by atoms with Crippen molar-refractivity contribution >= 4 is 39.4 Å². The van der Waals surface area contributed by atoms with E-state index < -0.39 is 12.1 Å². The number of hydrogen-bond donors (Lipinski definition) is 5. The van der Waals surface area contributed by atoms with Gasteiger partial charge in [0.25, 0.3) is 0 Å². The Morgan fingerprint density at radius 1 is 1.27 bits per heavy atom. The van der Waals surface area contributed by atoms with Crippen molar-refractivity contribution in [3.8, 4) is 0 Å². The van der Waals surface area contributed by atoms with Gasteiger partial charge in [-0.05, 0) is 36.6 Å². The molecule has 26 heavy (non-hydrogen) atoms. The number of hydrogen-bond acceptors (Lipinski definition) is 5. The first kappa shape index (κ1) is 21.7. The minimum absolute atomic E-state index is 0.0327. The van der Waals surface area contributed by atoms with Crippen molar-refractivity contribution in [2.24, 2.45) is 22.6 Å². The average Bonchev–Trinajstić information content (AvgIpc) is 2.53. The number of carbonyl (C=O) groups is 2. The average molecular weight is 428 g/mol. The van der Waals surface area contributed by atoms with Crippen LogP contribution in [0.3, 0.4) is 0 Å². The number of amidine groups is 1. The molecule has 0 aromatic heterocycles. The van der Waals surface area contributed by atoms with Gasteiger partial charge in [-0.2, -0.15) is 0 Å². The summed E-state index contributed by atoms with van der Waals surface area (Å²) < 4.78 is 0.905. The highest BCUT2D eigenvalue weighted by atomic mass is 79.9. The maximum Gasteiger partial charge on any atom is 0.319 e. The van der Waals surface area contributed by atoms with Crippen LogP contribution < -0.4 is 27.5 Å². The molecule has 1 aromatic carbocycles. The number of nitrogens with one attached hydrogen (secondary N) is 3. The maximum absolute atomic E-state index is 12.4. The van der Waals surface area contributed by atoms with E-state index in [1.54, 1.807) is 12.1 Å². The van der Waals surface area contributed by atoms with E-state index in [1.165, 1.54) is 7.05 Å². The maximum atomic E-state index is 12.4. The highest BCUT2D eigenvalue weighted by molar-refractivity contribution is 9.10. The number of benzene rings is 1. The van der Waals surface area contributed by atoms with Crippen LogP contribution in [0.1, 0.15) is 20.3 Å². The van der Waals surface area contributed by atoms with Gasteiger partial charge >= 0.3 is 6.03 Å². The van der Waals surface area contributed by atoms with Crippen LogP contribution in [-0.2, 0) is 4.79 Å². The Labute approximate surface area is 161 Å². The number of rotatable bonds is 8. The number of urea groups is 1. The second-order valence-corrected chi connectivity index (χ2v) is 7.09. The lowest BCUT2D eigenvalue weighted by Crippen LogP contribution is -2.50. The van der Waals surface area contributed by atoms with E-state index in [9.17, 15) is 9.59 Å². The number of nitrogens with zero attached hydrogens (tertiary/aromatic N) is 2. The summed E-state index contributed by atoms with van der Waals surface area (Å²) in [5.41, 5.74) is 6.27. The smallest absolute Gasteiger partial charge is 0.319 e. The zero-order valence-corrected chi connectivity index (χ0v) is 16.7. The van der Waals surface area contributed by atoms with Crippen molar-refractivity contribution in [3.63, 3.8) is 0 Å². The third-order valence-electron chi connectivity index (χ3n) is 3.16. The predicted octanol–water partition coefficient (Wildman–Crippen LogP) is 1.18. The van der Waals surface area contributed by atoms with E-state index in [4.69, 9.17) is 11.6 Å². The van der Waals surface area contributed by atoms with Gasteiger partial charge in [-0.1, -0.05) is 29.8 Å². The first-order chi connectivity index (χ1) is 12.2. The third kappa shape index (κ3) is 8.67. The minimum Gasteiger partial charge on any atom is -0.384 e. The summed E-state index contributed by atoms with van der Waals surface area (Å²) >= 11 is 3.33. The number of halogens is 1. The molecule has 1 aromatic rings. The van der Waals surface area contributed by atoms with E-state index >= 15 is 0 Å². The van der Waals surface area contributed by atoms with Crippen molar-refractivity contribution in [1.82, 2.24) is 15.8 Å². The number of carbonyl (C=O) groups excluding carboxylic acids is 2. The van der Waals surface area contributed by atoms with Crippen molar-refractivity contribution in [1.29, 1.82) is 0 Å². The highest BCUT2D eigenvalue weighted by Crippen LogP contribution is 2.14. The van der Waals surface area contributed by atoms with Crippen LogP contribution in [0, 0.1) is 5.92 Å². The SMILES string of the molecule is CC(C)C[C@H](NC(=O)Nc1ccc(Br)cc1)C(=O)NC/C(N)=N/N(C)N. The first-order valence-electron chi connectivity index (χ1n) is 8.09. The van der Waals surface area contributed by atoms with Crippen LogP contribution in [0.2, 0.25) is 0 Å². The molecule has 1 atom stereocenters. The lowest BCUT2D eigenvalue weighted by molar-refractivity contribution is -0.123. The molecule has 7 N–H and O–H groups in total. The topological polar surface area (TPSA) is 138 Å². The van der Waals surface area contributed by atoms with Gasteiger partial charge in [0.1, 0.15) is 11.9 Å². The molecule has 0 aliphatic carbocycles. The first-order valence-corrected chi connectivity index (χ1v) is 8.88. The van der Waals surface area contributed by atoms with Gasteiger partial charge in [-0.15, -0.1) is 5.10 Å². The zero-order valence-electron chi connectivity index (χ0n) is 15.1. The molecule has 0 unspecified atom stereocenters. The van der Waals surface area contributed by atoms with Crippen molar-refractivity contribution in [2.75, 3.05) is 18.9 Å². The molecule has 0 bridgehead atoms. The molecule has 0 fully saturated rings. The summed E-state index contributed by atoms with van der Waals surface area (Å²) in [4.78, 5) is 24.6. The molecule has 9 nitrogen and oxygen atoms in total. The normalized spacial score (nSPS) is 12.5. The van der Waals surface area contributed by atoms with E-state index in [0.29, 0.717) is 12.1 Å². The van der Waals surface area contributed by atoms with E-state index in [0.717, 1.165) is 9.59 Å². The molecule has 0 spiro atoms. The van der Waals surface area contributed by atoms with Crippen molar-refractivity contribution in [3.05, 3.63) is 28.7 Å². The third-order valence-corrected chi connectivity index (χ3v) is 3.69. The highest BCUT2D eigenvalue weighted by Gasteiger charge is 2.22. The Bertz CT molecular complexity index is 632. The van der Waals surface area contributed by atoms with E-state index in [1.807, 2.05) is 26.0 Å². The summed E-state index contributed by atoms with van der Waals surface area (Å²) in [6.45, 7) is 3.96. The molecule has 0 aliphatic heterocycles. The molecule has 1 rings (SSSR count). The van der Waals surface area contributed by atoms with Crippen molar-refractivity contribution in [2.45, 2.75) is 26.3 Å². The molecular formula is C16H26BrN7O2. The Balaban J connectivity index is 2.65. The van der Waals surface area contributed by atoms with Gasteiger partial charge in [0, 0.05) is 17.2 Å². The fourth-order valence-corrected chi connectivity index (χ4v) is 2.36. The quantitative estimate of drug-likeness (QED) is 0.183. The lowest BCUT2D eigenvalue weighted by atomic mass is 10.0. The Morgan fingerprint density at radius 2 is 1.88 bits per heavy atom. The number of nitrogens with two attached hydrogens (primary N) is 2. The molecule has 144 valence electrons. The van der Waals surface area contributed by atoms with E-state index in [-0.39, 0.29) is 24.2 Å². The Kier molecular flexibility index (Phi) is 8.86. The van der Waals surface area contributed by atoms with Gasteiger partial charge < -0.3 is 21.7 Å². The summed E-state index contributed by atoms with van der Waals surface area (Å²) in [7, 11) is 1.52. The Morgan fingerprint density at radius 3 is 2.42 bits per heavy atom. The second kappa shape index (κ2) is 10.6. The molecule has 0 heterocycles. The fourth-order valence-electron chi connectivity index (χ4n) is 2.10. The van der Waals surface area contributed by atoms with Crippen LogP contribution in [0.15, 0.2) is 33.8 Å². The van der Waals surface area contributed by atoms with Gasteiger partial charge in [0.15, 0.2) is 0 Å². The van der Waals surface area contributed by atoms with Crippen LogP contribution in [-0.4, -0.2) is 42.5 Å². The van der Waals surface area contributed by atoms with Gasteiger partial charge in [-0.25, -0.2) is 15.8 Å². The predicted molar refractivity (Wildman–Crippen MR) is 106 cm³/mol. The molecule has 0 aliphatic rings. The second-order valence-electron chi connectivity index (χ2n) is 6.17. The zero-order chi connectivity index (χ0) is 19.7. The minimum atomic E-state index is -0.700. The summed E-state index contributed by atoms with van der Waals surface area (Å²) in [6, 6.07) is 5.96. The number of hydrazone groups is 1. The van der Waals surface area contributed by atoms with Crippen LogP contribution in [0.4, 0.5) is 10.5 Å². The van der Waals surface area contributed by atoms with Gasteiger partial charge in [0.2, 0.25) is 5.91 Å². The largest absolute Gasteiger partial charge is 0.384 e. The van der Waals surface area contributed by atoms with E-state index in [2.05, 4.69) is 37.0 Å². The fraction of sp³-hybridized carbons (Fsp3) is 0.438. The number of hydrazine groups is 1. The van der Waals surface area contributed by atoms with Gasteiger partial charge in [0.05, 0.1) is 6.54 Å². The molecule has 0 saturated heterocycles. The van der Waals surface area contributed by atoms with Crippen LogP contribution in [0.5, 0.6) is 0 Å². The molecule has 10 heteroatoms. The number of amides is 3. The standard InChI is InChI=1S/C16H26BrN7O2/c1-10(2)8-13(15(25)20-9-14(18)23-24(3)19)22-16(26)21-12-6-4-11(17)5-7-12/h4-7,10,13H,8-9,19H2,1-3H3,(H2,18,23)(H,20,25)(H2,21,22,26)/t13-/m0/s1. The molecule has 0 radical (unpaired) electrons. The Hall–Kier alpha value is -2.33. The van der Waals surface area contributed by atoms with Crippen molar-refractivity contribution < 1.29 is 9.59 Å². The lowest BCUT2D eigenvalue weighted by Gasteiger charge is -2.20. The van der Waals surface area contributed by atoms with Crippen LogP contribution in [0.25, 0.3) is 0 Å². The molecule has 3 amide bonds.